The van der Waals surface area contributed by atoms with Gasteiger partial charge in [0.1, 0.15) is 6.61 Å². The van der Waals surface area contributed by atoms with E-state index in [1.165, 1.54) is 218 Å². The van der Waals surface area contributed by atoms with Gasteiger partial charge in [-0.25, -0.2) is 4.57 Å². The maximum Gasteiger partial charge on any atom is 0.472 e. The van der Waals surface area contributed by atoms with Crippen LogP contribution in [0.4, 0.5) is 0 Å². The third kappa shape index (κ3) is 50.3. The fourth-order valence-corrected chi connectivity index (χ4v) is 8.96. The highest BCUT2D eigenvalue weighted by molar-refractivity contribution is 7.47. The van der Waals surface area contributed by atoms with Gasteiger partial charge in [-0.15, -0.1) is 0 Å². The molecule has 10 heteroatoms. The Hall–Kier alpha value is -0.990. The van der Waals surface area contributed by atoms with E-state index in [0.717, 1.165) is 38.5 Å². The number of phosphoric acid groups is 1. The number of phosphoric ester groups is 1. The van der Waals surface area contributed by atoms with Crippen LogP contribution in [0.3, 0.4) is 0 Å². The lowest BCUT2D eigenvalue weighted by atomic mass is 10.0. The predicted molar refractivity (Wildman–Crippen MR) is 266 cm³/mol. The van der Waals surface area contributed by atoms with Crippen LogP contribution in [-0.4, -0.2) is 68.3 Å². The lowest BCUT2D eigenvalue weighted by molar-refractivity contribution is -0.161. The standard InChI is InChI=1S/C53H106NO8P/c1-5-7-9-11-13-15-17-19-21-23-25-26-28-30-32-34-36-38-40-42-44-46-53(56)62-51(50-61-63(57,58)60-48-47-54(3)4)49-59-52(55)45-43-41-39-37-35-33-31-29-27-24-22-20-18-16-14-12-10-8-6-2/h51H,5-50H2,1-4H3,(H,57,58). The van der Waals surface area contributed by atoms with E-state index in [-0.39, 0.29) is 25.6 Å². The van der Waals surface area contributed by atoms with Crippen LogP contribution in [0.25, 0.3) is 0 Å². The molecule has 0 radical (unpaired) electrons. The summed E-state index contributed by atoms with van der Waals surface area (Å²) in [6.45, 7) is 4.40. The number of esters is 2. The van der Waals surface area contributed by atoms with Crippen LogP contribution in [0, 0.1) is 0 Å². The van der Waals surface area contributed by atoms with Crippen LogP contribution < -0.4 is 0 Å². The lowest BCUT2D eigenvalue weighted by Gasteiger charge is -2.20. The number of hydrogen-bond donors (Lipinski definition) is 1. The second-order valence-corrected chi connectivity index (χ2v) is 20.6. The third-order valence-corrected chi connectivity index (χ3v) is 13.4. The van der Waals surface area contributed by atoms with E-state index in [2.05, 4.69) is 13.8 Å². The van der Waals surface area contributed by atoms with Gasteiger partial charge in [0, 0.05) is 19.4 Å². The van der Waals surface area contributed by atoms with Crippen molar-refractivity contribution in [2.45, 2.75) is 290 Å². The van der Waals surface area contributed by atoms with Crippen molar-refractivity contribution in [1.29, 1.82) is 0 Å². The molecule has 0 fully saturated rings. The van der Waals surface area contributed by atoms with E-state index in [0.29, 0.717) is 13.0 Å². The molecule has 0 saturated carbocycles. The van der Waals surface area contributed by atoms with Gasteiger partial charge in [0.2, 0.25) is 0 Å². The molecule has 63 heavy (non-hydrogen) atoms. The predicted octanol–water partition coefficient (Wildman–Crippen LogP) is 16.6. The molecule has 0 heterocycles. The van der Waals surface area contributed by atoms with Crippen molar-refractivity contribution in [3.63, 3.8) is 0 Å². The molecule has 0 bridgehead atoms. The van der Waals surface area contributed by atoms with Crippen LogP contribution in [0.2, 0.25) is 0 Å². The second-order valence-electron chi connectivity index (χ2n) is 19.1. The lowest BCUT2D eigenvalue weighted by Crippen LogP contribution is -2.29. The summed E-state index contributed by atoms with van der Waals surface area (Å²) in [5.41, 5.74) is 0. The van der Waals surface area contributed by atoms with E-state index in [1.54, 1.807) is 0 Å². The van der Waals surface area contributed by atoms with Gasteiger partial charge in [-0.05, 0) is 26.9 Å². The Morgan fingerprint density at radius 1 is 0.429 bits per heavy atom. The zero-order valence-corrected chi connectivity index (χ0v) is 43.2. The Morgan fingerprint density at radius 2 is 0.714 bits per heavy atom. The van der Waals surface area contributed by atoms with Crippen molar-refractivity contribution in [3.05, 3.63) is 0 Å². The van der Waals surface area contributed by atoms with E-state index >= 15 is 0 Å². The van der Waals surface area contributed by atoms with Crippen LogP contribution in [-0.2, 0) is 32.7 Å². The van der Waals surface area contributed by atoms with Crippen molar-refractivity contribution >= 4 is 19.8 Å². The van der Waals surface area contributed by atoms with Crippen molar-refractivity contribution < 1.29 is 37.6 Å². The molecule has 0 aliphatic rings. The smallest absolute Gasteiger partial charge is 0.462 e. The molecular formula is C53H106NO8P. The molecule has 1 N–H and O–H groups in total. The molecule has 0 aromatic carbocycles. The van der Waals surface area contributed by atoms with Gasteiger partial charge in [0.15, 0.2) is 6.10 Å². The number of carbonyl (C=O) groups is 2. The molecule has 2 atom stereocenters. The first-order chi connectivity index (χ1) is 30.7. The van der Waals surface area contributed by atoms with Gasteiger partial charge >= 0.3 is 19.8 Å². The number of rotatable bonds is 52. The number of nitrogens with zero attached hydrogens (tertiary/aromatic N) is 1. The first-order valence-corrected chi connectivity index (χ1v) is 28.8. The van der Waals surface area contributed by atoms with E-state index in [4.69, 9.17) is 18.5 Å². The summed E-state index contributed by atoms with van der Waals surface area (Å²) in [7, 11) is -0.695. The molecule has 0 rings (SSSR count). The minimum Gasteiger partial charge on any atom is -0.462 e. The first kappa shape index (κ1) is 62.0. The Balaban J connectivity index is 4.08. The number of carbonyl (C=O) groups excluding carboxylic acids is 2. The van der Waals surface area contributed by atoms with Crippen LogP contribution in [0.1, 0.15) is 284 Å². The summed E-state index contributed by atoms with van der Waals surface area (Å²) in [5.74, 6) is -0.778. The van der Waals surface area contributed by atoms with Gasteiger partial charge in [0.05, 0.1) is 13.2 Å². The van der Waals surface area contributed by atoms with Crippen molar-refractivity contribution in [2.24, 2.45) is 0 Å². The molecule has 0 aromatic heterocycles. The number of ether oxygens (including phenoxy) is 2. The molecule has 0 spiro atoms. The molecule has 0 aromatic rings. The number of likely N-dealkylation sites (N-methyl/N-ethyl adjacent to an activating group) is 1. The SMILES string of the molecule is CCCCCCCCCCCCCCCCCCCCCCCC(=O)OC(COC(=O)CCCCCCCCCCCCCCCCCCCCC)COP(=O)(O)OCCN(C)C. The maximum atomic E-state index is 12.7. The molecular weight excluding hydrogens is 810 g/mol. The quantitative estimate of drug-likeness (QED) is 0.0362. The van der Waals surface area contributed by atoms with Crippen LogP contribution in [0.5, 0.6) is 0 Å². The second kappa shape index (κ2) is 48.9. The number of hydrogen-bond acceptors (Lipinski definition) is 8. The average molecular weight is 916 g/mol. The zero-order chi connectivity index (χ0) is 46.2. The topological polar surface area (TPSA) is 112 Å². The molecule has 0 aliphatic heterocycles. The van der Waals surface area contributed by atoms with Crippen LogP contribution in [0.15, 0.2) is 0 Å². The molecule has 2 unspecified atom stereocenters. The highest BCUT2D eigenvalue weighted by Crippen LogP contribution is 2.43. The van der Waals surface area contributed by atoms with Gasteiger partial charge < -0.3 is 19.3 Å². The Labute approximate surface area is 391 Å². The summed E-state index contributed by atoms with van der Waals surface area (Å²) < 4.78 is 33.7. The molecule has 9 nitrogen and oxygen atoms in total. The summed E-state index contributed by atoms with van der Waals surface area (Å²) in [6.07, 6.45) is 51.6. The van der Waals surface area contributed by atoms with Crippen molar-refractivity contribution in [3.8, 4) is 0 Å². The van der Waals surface area contributed by atoms with Crippen molar-refractivity contribution in [1.82, 2.24) is 4.90 Å². The Bertz CT molecular complexity index is 1010. The summed E-state index contributed by atoms with van der Waals surface area (Å²) in [4.78, 5) is 37.3. The van der Waals surface area contributed by atoms with E-state index in [9.17, 15) is 19.0 Å². The van der Waals surface area contributed by atoms with Gasteiger partial charge in [-0.3, -0.25) is 18.6 Å². The fraction of sp³-hybridized carbons (Fsp3) is 0.962. The largest absolute Gasteiger partial charge is 0.472 e. The molecule has 376 valence electrons. The van der Waals surface area contributed by atoms with Gasteiger partial charge in [-0.1, -0.05) is 258 Å². The maximum absolute atomic E-state index is 12.7. The third-order valence-electron chi connectivity index (χ3n) is 12.4. The van der Waals surface area contributed by atoms with Crippen molar-refractivity contribution in [2.75, 3.05) is 40.5 Å². The minimum absolute atomic E-state index is 0.0130. The zero-order valence-electron chi connectivity index (χ0n) is 42.3. The van der Waals surface area contributed by atoms with Crippen LogP contribution >= 0.6 is 7.82 Å². The number of unbranched alkanes of at least 4 members (excludes halogenated alkanes) is 38. The monoisotopic (exact) mass is 916 g/mol. The summed E-state index contributed by atoms with van der Waals surface area (Å²) >= 11 is 0. The van der Waals surface area contributed by atoms with E-state index < -0.39 is 26.5 Å². The Morgan fingerprint density at radius 3 is 1.02 bits per heavy atom. The molecule has 0 saturated heterocycles. The highest BCUT2D eigenvalue weighted by atomic mass is 31.2. The highest BCUT2D eigenvalue weighted by Gasteiger charge is 2.26. The normalized spacial score (nSPS) is 13.1. The summed E-state index contributed by atoms with van der Waals surface area (Å²) in [5, 5.41) is 0. The molecule has 0 aliphatic carbocycles. The summed E-state index contributed by atoms with van der Waals surface area (Å²) in [6, 6.07) is 0. The fourth-order valence-electron chi connectivity index (χ4n) is 8.22. The van der Waals surface area contributed by atoms with Gasteiger partial charge in [0.25, 0.3) is 0 Å². The Kier molecular flexibility index (Phi) is 48.2. The van der Waals surface area contributed by atoms with E-state index in [1.807, 2.05) is 19.0 Å². The molecule has 0 amide bonds. The average Bonchev–Trinajstić information content (AvgIpc) is 3.25. The first-order valence-electron chi connectivity index (χ1n) is 27.3. The van der Waals surface area contributed by atoms with Gasteiger partial charge in [-0.2, -0.15) is 0 Å². The minimum atomic E-state index is -4.36.